The van der Waals surface area contributed by atoms with E-state index in [4.69, 9.17) is 0 Å². The molecule has 0 amide bonds. The first-order valence-electron chi connectivity index (χ1n) is 5.07. The van der Waals surface area contributed by atoms with Crippen molar-refractivity contribution < 1.29 is 18.3 Å². The van der Waals surface area contributed by atoms with Crippen LogP contribution >= 0.6 is 0 Å². The van der Waals surface area contributed by atoms with Crippen molar-refractivity contribution in [3.63, 3.8) is 0 Å². The van der Waals surface area contributed by atoms with Gasteiger partial charge in [0.25, 0.3) is 0 Å². The van der Waals surface area contributed by atoms with E-state index in [1.807, 2.05) is 0 Å². The van der Waals surface area contributed by atoms with Gasteiger partial charge in [-0.05, 0) is 31.9 Å². The summed E-state index contributed by atoms with van der Waals surface area (Å²) in [5, 5.41) is 9.61. The molecule has 90 valence electrons. The van der Waals surface area contributed by atoms with Crippen molar-refractivity contribution >= 4 is 0 Å². The number of hydrogen-bond donors (Lipinski definition) is 1. The average molecular weight is 233 g/mol. The number of alkyl halides is 3. The summed E-state index contributed by atoms with van der Waals surface area (Å²) in [5.41, 5.74) is 1.18. The molecule has 1 heterocycles. The lowest BCUT2D eigenvalue weighted by molar-refractivity contribution is -0.136. The molecule has 0 aliphatic heterocycles. The van der Waals surface area contributed by atoms with Gasteiger partial charge in [-0.2, -0.15) is 13.2 Å². The normalized spacial score (nSPS) is 13.8. The second-order valence-corrected chi connectivity index (χ2v) is 3.73. The molecule has 1 unspecified atom stereocenters. The van der Waals surface area contributed by atoms with Crippen LogP contribution in [0.3, 0.4) is 0 Å². The van der Waals surface area contributed by atoms with Crippen LogP contribution in [0.5, 0.6) is 0 Å². The molecule has 0 saturated heterocycles. The Kier molecular flexibility index (Phi) is 4.29. The number of aromatic nitrogens is 1. The third-order valence-corrected chi connectivity index (χ3v) is 2.19. The average Bonchev–Trinajstić information content (AvgIpc) is 2.15. The number of aliphatic hydroxyl groups is 1. The maximum Gasteiger partial charge on any atom is 0.389 e. The lowest BCUT2D eigenvalue weighted by Gasteiger charge is -2.11. The zero-order valence-electron chi connectivity index (χ0n) is 8.96. The molecule has 0 spiro atoms. The molecule has 0 aliphatic carbocycles. The van der Waals surface area contributed by atoms with Crippen molar-refractivity contribution in [3.8, 4) is 0 Å². The van der Waals surface area contributed by atoms with E-state index in [2.05, 4.69) is 4.98 Å². The lowest BCUT2D eigenvalue weighted by Crippen LogP contribution is -2.08. The number of rotatable bonds is 4. The van der Waals surface area contributed by atoms with Gasteiger partial charge in [-0.1, -0.05) is 6.07 Å². The zero-order chi connectivity index (χ0) is 12.2. The van der Waals surface area contributed by atoms with Gasteiger partial charge in [-0.15, -0.1) is 0 Å². The quantitative estimate of drug-likeness (QED) is 0.866. The number of halogens is 3. The molecule has 1 aromatic rings. The Bertz CT molecular complexity index is 338. The number of aliphatic hydroxyl groups excluding tert-OH is 1. The van der Waals surface area contributed by atoms with E-state index in [0.29, 0.717) is 5.69 Å². The fourth-order valence-electron chi connectivity index (χ4n) is 1.39. The Balaban J connectivity index is 2.44. The molecule has 16 heavy (non-hydrogen) atoms. The van der Waals surface area contributed by atoms with Crippen LogP contribution < -0.4 is 0 Å². The molecule has 0 aliphatic rings. The summed E-state index contributed by atoms with van der Waals surface area (Å²) in [4.78, 5) is 4.06. The van der Waals surface area contributed by atoms with E-state index < -0.39 is 18.7 Å². The minimum absolute atomic E-state index is 0.0793. The SMILES string of the molecule is Cc1cccc(C(O)CCCC(F)(F)F)n1. The fourth-order valence-corrected chi connectivity index (χ4v) is 1.39. The van der Waals surface area contributed by atoms with E-state index in [1.165, 1.54) is 0 Å². The van der Waals surface area contributed by atoms with E-state index >= 15 is 0 Å². The molecular formula is C11H14F3NO. The topological polar surface area (TPSA) is 33.1 Å². The third kappa shape index (κ3) is 4.61. The highest BCUT2D eigenvalue weighted by Crippen LogP contribution is 2.25. The Morgan fingerprint density at radius 3 is 2.62 bits per heavy atom. The number of aryl methyl sites for hydroxylation is 1. The van der Waals surface area contributed by atoms with Crippen molar-refractivity contribution in [3.05, 3.63) is 29.6 Å². The maximum absolute atomic E-state index is 11.9. The van der Waals surface area contributed by atoms with Crippen molar-refractivity contribution in [2.75, 3.05) is 0 Å². The Morgan fingerprint density at radius 1 is 1.38 bits per heavy atom. The monoisotopic (exact) mass is 233 g/mol. The smallest absolute Gasteiger partial charge is 0.387 e. The molecule has 0 aromatic carbocycles. The van der Waals surface area contributed by atoms with Crippen LogP contribution in [0.1, 0.15) is 36.8 Å². The van der Waals surface area contributed by atoms with E-state index in [1.54, 1.807) is 25.1 Å². The van der Waals surface area contributed by atoms with Crippen molar-refractivity contribution in [2.24, 2.45) is 0 Å². The van der Waals surface area contributed by atoms with Gasteiger partial charge >= 0.3 is 6.18 Å². The summed E-state index contributed by atoms with van der Waals surface area (Å²) < 4.78 is 35.6. The Labute approximate surface area is 92.1 Å². The van der Waals surface area contributed by atoms with Crippen LogP contribution in [0.2, 0.25) is 0 Å². The summed E-state index contributed by atoms with van der Waals surface area (Å²) in [6.45, 7) is 1.77. The van der Waals surface area contributed by atoms with Gasteiger partial charge in [0.2, 0.25) is 0 Å². The van der Waals surface area contributed by atoms with Crippen LogP contribution in [0.25, 0.3) is 0 Å². The predicted molar refractivity (Wildman–Crippen MR) is 53.8 cm³/mol. The van der Waals surface area contributed by atoms with Gasteiger partial charge in [-0.25, -0.2) is 0 Å². The Hall–Kier alpha value is -1.10. The highest BCUT2D eigenvalue weighted by Gasteiger charge is 2.26. The molecular weight excluding hydrogens is 219 g/mol. The molecule has 5 heteroatoms. The van der Waals surface area contributed by atoms with Gasteiger partial charge in [0.1, 0.15) is 0 Å². The van der Waals surface area contributed by atoms with Crippen molar-refractivity contribution in [2.45, 2.75) is 38.5 Å². The molecule has 1 aromatic heterocycles. The second kappa shape index (κ2) is 5.30. The number of pyridine rings is 1. The summed E-state index contributed by atoms with van der Waals surface area (Å²) in [7, 11) is 0. The first kappa shape index (κ1) is 13.0. The van der Waals surface area contributed by atoms with Gasteiger partial charge in [0.05, 0.1) is 11.8 Å². The van der Waals surface area contributed by atoms with Gasteiger partial charge in [0, 0.05) is 12.1 Å². The van der Waals surface area contributed by atoms with Crippen LogP contribution in [-0.2, 0) is 0 Å². The molecule has 1 rings (SSSR count). The number of nitrogens with zero attached hydrogens (tertiary/aromatic N) is 1. The van der Waals surface area contributed by atoms with E-state index in [-0.39, 0.29) is 12.8 Å². The maximum atomic E-state index is 11.9. The summed E-state index contributed by atoms with van der Waals surface area (Å²) in [6, 6.07) is 5.11. The van der Waals surface area contributed by atoms with Gasteiger partial charge < -0.3 is 5.11 Å². The standard InChI is InChI=1S/C11H14F3NO/c1-8-4-2-5-9(15-8)10(16)6-3-7-11(12,13)14/h2,4-5,10,16H,3,6-7H2,1H3. The van der Waals surface area contributed by atoms with Crippen LogP contribution in [0.4, 0.5) is 13.2 Å². The number of hydrogen-bond acceptors (Lipinski definition) is 2. The van der Waals surface area contributed by atoms with Crippen LogP contribution in [0.15, 0.2) is 18.2 Å². The first-order chi connectivity index (χ1) is 7.38. The van der Waals surface area contributed by atoms with E-state index in [0.717, 1.165) is 5.69 Å². The molecule has 1 N–H and O–H groups in total. The summed E-state index contributed by atoms with van der Waals surface area (Å²) >= 11 is 0. The van der Waals surface area contributed by atoms with E-state index in [9.17, 15) is 18.3 Å². The molecule has 0 fully saturated rings. The predicted octanol–water partition coefficient (Wildman–Crippen LogP) is 3.16. The summed E-state index contributed by atoms with van der Waals surface area (Å²) in [5.74, 6) is 0. The van der Waals surface area contributed by atoms with Crippen molar-refractivity contribution in [1.82, 2.24) is 4.98 Å². The fraction of sp³-hybridized carbons (Fsp3) is 0.545. The molecule has 2 nitrogen and oxygen atoms in total. The van der Waals surface area contributed by atoms with Crippen LogP contribution in [0, 0.1) is 6.92 Å². The first-order valence-corrected chi connectivity index (χ1v) is 5.07. The minimum atomic E-state index is -4.15. The largest absolute Gasteiger partial charge is 0.389 e. The zero-order valence-corrected chi connectivity index (χ0v) is 8.96. The van der Waals surface area contributed by atoms with Crippen molar-refractivity contribution in [1.29, 1.82) is 0 Å². The highest BCUT2D eigenvalue weighted by atomic mass is 19.4. The van der Waals surface area contributed by atoms with Gasteiger partial charge in [-0.3, -0.25) is 4.98 Å². The molecule has 1 atom stereocenters. The Morgan fingerprint density at radius 2 is 2.06 bits per heavy atom. The van der Waals surface area contributed by atoms with Crippen LogP contribution in [-0.4, -0.2) is 16.3 Å². The molecule has 0 saturated carbocycles. The highest BCUT2D eigenvalue weighted by molar-refractivity contribution is 5.11. The minimum Gasteiger partial charge on any atom is -0.387 e. The summed E-state index contributed by atoms with van der Waals surface area (Å²) in [6.07, 6.45) is -5.94. The second-order valence-electron chi connectivity index (χ2n) is 3.73. The molecule has 0 bridgehead atoms. The third-order valence-electron chi connectivity index (χ3n) is 2.19. The van der Waals surface area contributed by atoms with Gasteiger partial charge in [0.15, 0.2) is 0 Å². The molecule has 0 radical (unpaired) electrons. The lowest BCUT2D eigenvalue weighted by atomic mass is 10.1.